The number of ether oxygens (including phenoxy) is 1. The summed E-state index contributed by atoms with van der Waals surface area (Å²) in [6.45, 7) is 0.811. The first-order valence-corrected chi connectivity index (χ1v) is 6.32. The lowest BCUT2D eigenvalue weighted by atomic mass is 10.1. The van der Waals surface area contributed by atoms with Crippen LogP contribution in [0.1, 0.15) is 51.4 Å². The van der Waals surface area contributed by atoms with Crippen molar-refractivity contribution in [3.8, 4) is 0 Å². The van der Waals surface area contributed by atoms with Crippen LogP contribution in [0.15, 0.2) is 4.99 Å². The molecule has 16 heavy (non-hydrogen) atoms. The van der Waals surface area contributed by atoms with Gasteiger partial charge in [0.1, 0.15) is 0 Å². The summed E-state index contributed by atoms with van der Waals surface area (Å²) in [7, 11) is 1.44. The molecular weight excluding hydrogens is 222 g/mol. The Labute approximate surface area is 103 Å². The minimum Gasteiger partial charge on any atom is -0.469 e. The Balaban J connectivity index is 3.04. The molecule has 0 amide bonds. The van der Waals surface area contributed by atoms with E-state index in [2.05, 4.69) is 27.1 Å². The number of thiocarbonyl (C=S) groups is 1. The van der Waals surface area contributed by atoms with E-state index >= 15 is 0 Å². The maximum absolute atomic E-state index is 10.8. The van der Waals surface area contributed by atoms with Crippen molar-refractivity contribution in [3.05, 3.63) is 0 Å². The van der Waals surface area contributed by atoms with Crippen molar-refractivity contribution < 1.29 is 9.53 Å². The highest BCUT2D eigenvalue weighted by molar-refractivity contribution is 7.78. The Morgan fingerprint density at radius 3 is 2.25 bits per heavy atom. The molecule has 0 radical (unpaired) electrons. The summed E-state index contributed by atoms with van der Waals surface area (Å²) in [5, 5.41) is 2.37. The number of hydrogen-bond acceptors (Lipinski definition) is 4. The van der Waals surface area contributed by atoms with Crippen molar-refractivity contribution in [2.24, 2.45) is 4.99 Å². The number of rotatable bonds is 10. The summed E-state index contributed by atoms with van der Waals surface area (Å²) in [4.78, 5) is 14.7. The van der Waals surface area contributed by atoms with Gasteiger partial charge in [0.15, 0.2) is 0 Å². The van der Waals surface area contributed by atoms with Crippen LogP contribution in [0, 0.1) is 0 Å². The Hall–Kier alpha value is -0.730. The molecule has 3 nitrogen and oxygen atoms in total. The van der Waals surface area contributed by atoms with Crippen LogP contribution in [0.4, 0.5) is 0 Å². The number of esters is 1. The molecule has 0 aromatic carbocycles. The van der Waals surface area contributed by atoms with E-state index in [0.29, 0.717) is 6.42 Å². The Bertz CT molecular complexity index is 225. The first-order chi connectivity index (χ1) is 7.81. The molecule has 0 atom stereocenters. The smallest absolute Gasteiger partial charge is 0.305 e. The summed E-state index contributed by atoms with van der Waals surface area (Å²) in [5.74, 6) is -0.0990. The van der Waals surface area contributed by atoms with Gasteiger partial charge in [0.25, 0.3) is 0 Å². The maximum Gasteiger partial charge on any atom is 0.305 e. The third kappa shape index (κ3) is 11.3. The van der Waals surface area contributed by atoms with Gasteiger partial charge in [-0.05, 0) is 25.1 Å². The largest absolute Gasteiger partial charge is 0.469 e. The fraction of sp³-hybridized carbons (Fsp3) is 0.833. The van der Waals surface area contributed by atoms with Gasteiger partial charge in [0.05, 0.1) is 12.3 Å². The van der Waals surface area contributed by atoms with E-state index in [-0.39, 0.29) is 5.97 Å². The van der Waals surface area contributed by atoms with E-state index in [0.717, 1.165) is 25.8 Å². The third-order valence-corrected chi connectivity index (χ3v) is 2.57. The minimum atomic E-state index is -0.0990. The molecule has 0 spiro atoms. The number of isothiocyanates is 1. The summed E-state index contributed by atoms with van der Waals surface area (Å²) in [5.41, 5.74) is 0. The zero-order valence-electron chi connectivity index (χ0n) is 10.0. The summed E-state index contributed by atoms with van der Waals surface area (Å²) in [6.07, 6.45) is 8.61. The molecule has 0 saturated heterocycles. The molecule has 92 valence electrons. The third-order valence-electron chi connectivity index (χ3n) is 2.44. The average molecular weight is 243 g/mol. The molecule has 0 aliphatic rings. The van der Waals surface area contributed by atoms with Crippen LogP contribution < -0.4 is 0 Å². The molecule has 0 unspecified atom stereocenters. The van der Waals surface area contributed by atoms with Crippen LogP contribution in [-0.4, -0.2) is 24.8 Å². The van der Waals surface area contributed by atoms with Crippen LogP contribution in [0.5, 0.6) is 0 Å². The van der Waals surface area contributed by atoms with Gasteiger partial charge >= 0.3 is 5.97 Å². The molecule has 0 aromatic rings. The van der Waals surface area contributed by atoms with Crippen LogP contribution >= 0.6 is 12.2 Å². The Morgan fingerprint density at radius 2 is 1.69 bits per heavy atom. The Morgan fingerprint density at radius 1 is 1.12 bits per heavy atom. The van der Waals surface area contributed by atoms with Crippen molar-refractivity contribution in [2.45, 2.75) is 51.4 Å². The van der Waals surface area contributed by atoms with E-state index in [1.165, 1.54) is 32.8 Å². The van der Waals surface area contributed by atoms with Crippen LogP contribution in [-0.2, 0) is 9.53 Å². The second-order valence-electron chi connectivity index (χ2n) is 3.77. The van der Waals surface area contributed by atoms with E-state index < -0.39 is 0 Å². The van der Waals surface area contributed by atoms with Crippen molar-refractivity contribution in [3.63, 3.8) is 0 Å². The second kappa shape index (κ2) is 12.3. The number of unbranched alkanes of at least 4 members (excludes halogenated alkanes) is 6. The predicted octanol–water partition coefficient (Wildman–Crippen LogP) is 3.38. The van der Waals surface area contributed by atoms with Crippen LogP contribution in [0.3, 0.4) is 0 Å². The molecular formula is C12H21NO2S. The topological polar surface area (TPSA) is 38.7 Å². The molecule has 4 heteroatoms. The van der Waals surface area contributed by atoms with Crippen molar-refractivity contribution in [1.29, 1.82) is 0 Å². The SMILES string of the molecule is COC(=O)CCCCCCCCCN=C=S. The maximum atomic E-state index is 10.8. The quantitative estimate of drug-likeness (QED) is 0.255. The van der Waals surface area contributed by atoms with E-state index in [1.807, 2.05) is 0 Å². The van der Waals surface area contributed by atoms with Crippen LogP contribution in [0.25, 0.3) is 0 Å². The van der Waals surface area contributed by atoms with Gasteiger partial charge in [-0.1, -0.05) is 32.1 Å². The highest BCUT2D eigenvalue weighted by Crippen LogP contribution is 2.08. The predicted molar refractivity (Wildman–Crippen MR) is 68.8 cm³/mol. The molecule has 0 aliphatic heterocycles. The monoisotopic (exact) mass is 243 g/mol. The number of methoxy groups -OCH3 is 1. The van der Waals surface area contributed by atoms with Gasteiger partial charge in [-0.2, -0.15) is 0 Å². The van der Waals surface area contributed by atoms with Gasteiger partial charge in [0, 0.05) is 13.0 Å². The summed E-state index contributed by atoms with van der Waals surface area (Å²) < 4.78 is 4.57. The molecule has 0 aliphatic carbocycles. The first-order valence-electron chi connectivity index (χ1n) is 5.91. The Kier molecular flexibility index (Phi) is 11.8. The molecule has 0 fully saturated rings. The van der Waals surface area contributed by atoms with Gasteiger partial charge in [-0.3, -0.25) is 4.79 Å². The van der Waals surface area contributed by atoms with E-state index in [9.17, 15) is 4.79 Å². The van der Waals surface area contributed by atoms with Gasteiger partial charge < -0.3 is 4.74 Å². The van der Waals surface area contributed by atoms with Crippen molar-refractivity contribution >= 4 is 23.3 Å². The minimum absolute atomic E-state index is 0.0990. The lowest BCUT2D eigenvalue weighted by Crippen LogP contribution is -1.99. The first kappa shape index (κ1) is 15.3. The molecule has 0 bridgehead atoms. The van der Waals surface area contributed by atoms with E-state index in [4.69, 9.17) is 0 Å². The lowest BCUT2D eigenvalue weighted by molar-refractivity contribution is -0.140. The number of aliphatic imine (C=N–C) groups is 1. The molecule has 0 aromatic heterocycles. The molecule has 0 rings (SSSR count). The number of carbonyl (C=O) groups is 1. The highest BCUT2D eigenvalue weighted by atomic mass is 32.1. The van der Waals surface area contributed by atoms with Gasteiger partial charge in [-0.25, -0.2) is 4.99 Å². The number of nitrogens with zero attached hydrogens (tertiary/aromatic N) is 1. The number of hydrogen-bond donors (Lipinski definition) is 0. The summed E-state index contributed by atoms with van der Waals surface area (Å²) in [6, 6.07) is 0. The molecule has 0 N–H and O–H groups in total. The van der Waals surface area contributed by atoms with Crippen molar-refractivity contribution in [2.75, 3.05) is 13.7 Å². The highest BCUT2D eigenvalue weighted by Gasteiger charge is 1.98. The summed E-state index contributed by atoms with van der Waals surface area (Å²) >= 11 is 4.48. The number of carbonyl (C=O) groups excluding carboxylic acids is 1. The second-order valence-corrected chi connectivity index (χ2v) is 3.96. The standard InChI is InChI=1S/C12H21NO2S/c1-15-12(14)9-7-5-3-2-4-6-8-10-13-11-16/h2-10H2,1H3. The zero-order valence-corrected chi connectivity index (χ0v) is 10.9. The molecule has 0 heterocycles. The fourth-order valence-electron chi connectivity index (χ4n) is 1.49. The van der Waals surface area contributed by atoms with Gasteiger partial charge in [0.2, 0.25) is 0 Å². The zero-order chi connectivity index (χ0) is 12.1. The van der Waals surface area contributed by atoms with E-state index in [1.54, 1.807) is 0 Å². The van der Waals surface area contributed by atoms with Crippen LogP contribution in [0.2, 0.25) is 0 Å². The normalized spacial score (nSPS) is 9.56. The fourth-order valence-corrected chi connectivity index (χ4v) is 1.58. The average Bonchev–Trinajstić information content (AvgIpc) is 2.31. The van der Waals surface area contributed by atoms with Gasteiger partial charge in [-0.15, -0.1) is 0 Å². The van der Waals surface area contributed by atoms with Crippen molar-refractivity contribution in [1.82, 2.24) is 0 Å². The lowest BCUT2D eigenvalue weighted by Gasteiger charge is -2.00. The molecule has 0 saturated carbocycles.